The Balaban J connectivity index is 2.97. The van der Waals surface area contributed by atoms with Crippen LogP contribution in [-0.4, -0.2) is 56.2 Å². The zero-order valence-corrected chi connectivity index (χ0v) is 12.9. The summed E-state index contributed by atoms with van der Waals surface area (Å²) in [6.45, 7) is 0.615. The van der Waals surface area contributed by atoms with Crippen LogP contribution in [0.5, 0.6) is 0 Å². The van der Waals surface area contributed by atoms with Crippen LogP contribution in [-0.2, 0) is 0 Å². The summed E-state index contributed by atoms with van der Waals surface area (Å²) in [5.41, 5.74) is -0.966. The first-order chi connectivity index (χ1) is 10.5. The maximum atomic E-state index is 13.6. The van der Waals surface area contributed by atoms with Gasteiger partial charge in [0.2, 0.25) is 0 Å². The Morgan fingerprint density at radius 1 is 1.17 bits per heavy atom. The summed E-state index contributed by atoms with van der Waals surface area (Å²) in [5, 5.41) is 1.70. The van der Waals surface area contributed by atoms with Gasteiger partial charge in [-0.1, -0.05) is 12.1 Å². The van der Waals surface area contributed by atoms with E-state index in [4.69, 9.17) is 0 Å². The van der Waals surface area contributed by atoms with Crippen LogP contribution in [0.15, 0.2) is 18.2 Å². The Morgan fingerprint density at radius 2 is 1.78 bits per heavy atom. The molecule has 0 spiro atoms. The molecule has 1 aromatic carbocycles. The van der Waals surface area contributed by atoms with Gasteiger partial charge in [-0.3, -0.25) is 0 Å². The lowest BCUT2D eigenvalue weighted by molar-refractivity contribution is -0.156. The van der Waals surface area contributed by atoms with Gasteiger partial charge in [0.1, 0.15) is 0 Å². The lowest BCUT2D eigenvalue weighted by Gasteiger charge is -2.26. The van der Waals surface area contributed by atoms with Gasteiger partial charge in [-0.2, -0.15) is 13.2 Å². The molecule has 0 bridgehead atoms. The molecular weight excluding hydrogens is 321 g/mol. The summed E-state index contributed by atoms with van der Waals surface area (Å²) in [6.07, 6.45) is -4.97. The quantitative estimate of drug-likeness (QED) is 0.838. The highest BCUT2D eigenvalue weighted by Crippen LogP contribution is 2.34. The van der Waals surface area contributed by atoms with E-state index in [-0.39, 0.29) is 6.54 Å². The molecule has 0 radical (unpaired) electrons. The Hall–Kier alpha value is -1.90. The average Bonchev–Trinajstić information content (AvgIpc) is 2.44. The fourth-order valence-electron chi connectivity index (χ4n) is 1.76. The van der Waals surface area contributed by atoms with Crippen LogP contribution in [0.3, 0.4) is 0 Å². The van der Waals surface area contributed by atoms with E-state index < -0.39 is 35.4 Å². The van der Waals surface area contributed by atoms with E-state index in [9.17, 15) is 26.7 Å². The molecule has 1 rings (SSSR count). The number of hydrogen-bond donors (Lipinski definition) is 1. The predicted octanol–water partition coefficient (Wildman–Crippen LogP) is 2.77. The van der Waals surface area contributed by atoms with Crippen LogP contribution < -0.4 is 5.32 Å². The first kappa shape index (κ1) is 19.1. The van der Waals surface area contributed by atoms with Crippen molar-refractivity contribution in [2.45, 2.75) is 12.2 Å². The van der Waals surface area contributed by atoms with Crippen LogP contribution in [0.1, 0.15) is 11.6 Å². The van der Waals surface area contributed by atoms with Crippen molar-refractivity contribution in [2.75, 3.05) is 34.2 Å². The van der Waals surface area contributed by atoms with Crippen molar-refractivity contribution >= 4 is 6.03 Å². The zero-order chi connectivity index (χ0) is 17.8. The van der Waals surface area contributed by atoms with Crippen LogP contribution in [0.2, 0.25) is 0 Å². The molecule has 4 nitrogen and oxygen atoms in total. The molecule has 0 fully saturated rings. The number of carbonyl (C=O) groups is 1. The summed E-state index contributed by atoms with van der Waals surface area (Å²) in [5.74, 6) is -3.04. The molecule has 0 saturated heterocycles. The molecule has 0 unspecified atom stereocenters. The Labute approximate surface area is 130 Å². The number of urea groups is 1. The molecule has 0 aliphatic rings. The number of halogens is 5. The fraction of sp³-hybridized carbons (Fsp3) is 0.500. The minimum atomic E-state index is -4.97. The molecule has 1 aromatic rings. The summed E-state index contributed by atoms with van der Waals surface area (Å²) in [4.78, 5) is 14.6. The summed E-state index contributed by atoms with van der Waals surface area (Å²) < 4.78 is 66.2. The van der Waals surface area contributed by atoms with E-state index in [0.29, 0.717) is 12.6 Å². The van der Waals surface area contributed by atoms with Crippen LogP contribution >= 0.6 is 0 Å². The molecule has 0 aromatic heterocycles. The number of nitrogens with one attached hydrogen (secondary N) is 1. The van der Waals surface area contributed by atoms with Gasteiger partial charge in [0.05, 0.1) is 0 Å². The lowest BCUT2D eigenvalue weighted by Crippen LogP contribution is -2.46. The second-order valence-corrected chi connectivity index (χ2v) is 5.29. The van der Waals surface area contributed by atoms with Crippen molar-refractivity contribution in [1.29, 1.82) is 0 Å². The van der Waals surface area contributed by atoms with Crippen molar-refractivity contribution in [3.8, 4) is 0 Å². The SMILES string of the molecule is CN(C)CCN(C)C(=O)N[C@H](c1cccc(F)c1F)C(F)(F)F. The van der Waals surface area contributed by atoms with Crippen LogP contribution in [0.25, 0.3) is 0 Å². The lowest BCUT2D eigenvalue weighted by atomic mass is 10.1. The van der Waals surface area contributed by atoms with Gasteiger partial charge in [-0.05, 0) is 20.2 Å². The molecule has 1 atom stereocenters. The van der Waals surface area contributed by atoms with Gasteiger partial charge in [0.25, 0.3) is 0 Å². The molecule has 2 amide bonds. The third-order valence-corrected chi connectivity index (χ3v) is 3.12. The number of nitrogens with zero attached hydrogens (tertiary/aromatic N) is 2. The fourth-order valence-corrected chi connectivity index (χ4v) is 1.76. The summed E-state index contributed by atoms with van der Waals surface area (Å²) in [7, 11) is 4.80. The van der Waals surface area contributed by atoms with Gasteiger partial charge >= 0.3 is 12.2 Å². The summed E-state index contributed by atoms with van der Waals surface area (Å²) in [6, 6.07) is -1.21. The third kappa shape index (κ3) is 5.34. The molecule has 0 aliphatic heterocycles. The second kappa shape index (κ2) is 7.58. The molecule has 1 N–H and O–H groups in total. The molecule has 0 aliphatic carbocycles. The van der Waals surface area contributed by atoms with Crippen molar-refractivity contribution in [3.05, 3.63) is 35.4 Å². The van der Waals surface area contributed by atoms with E-state index in [1.807, 2.05) is 0 Å². The number of alkyl halides is 3. The third-order valence-electron chi connectivity index (χ3n) is 3.12. The van der Waals surface area contributed by atoms with E-state index in [0.717, 1.165) is 17.0 Å². The van der Waals surface area contributed by atoms with Gasteiger partial charge in [0.15, 0.2) is 17.7 Å². The number of hydrogen-bond acceptors (Lipinski definition) is 2. The minimum Gasteiger partial charge on any atom is -0.327 e. The topological polar surface area (TPSA) is 35.6 Å². The van der Waals surface area contributed by atoms with Gasteiger partial charge in [0, 0.05) is 25.7 Å². The molecule has 130 valence electrons. The number of likely N-dealkylation sites (N-methyl/N-ethyl adjacent to an activating group) is 2. The highest BCUT2D eigenvalue weighted by atomic mass is 19.4. The highest BCUT2D eigenvalue weighted by Gasteiger charge is 2.44. The molecular formula is C14H18F5N3O. The van der Waals surface area contributed by atoms with E-state index in [2.05, 4.69) is 0 Å². The van der Waals surface area contributed by atoms with Crippen molar-refractivity contribution in [1.82, 2.24) is 15.1 Å². The molecule has 9 heteroatoms. The maximum absolute atomic E-state index is 13.6. The van der Waals surface area contributed by atoms with Crippen molar-refractivity contribution < 1.29 is 26.7 Å². The monoisotopic (exact) mass is 339 g/mol. The normalized spacial score (nSPS) is 13.1. The first-order valence-electron chi connectivity index (χ1n) is 6.71. The Morgan fingerprint density at radius 3 is 2.30 bits per heavy atom. The van der Waals surface area contributed by atoms with Gasteiger partial charge in [-0.15, -0.1) is 0 Å². The molecule has 23 heavy (non-hydrogen) atoms. The van der Waals surface area contributed by atoms with E-state index in [1.54, 1.807) is 24.3 Å². The van der Waals surface area contributed by atoms with E-state index >= 15 is 0 Å². The first-order valence-corrected chi connectivity index (χ1v) is 6.71. The smallest absolute Gasteiger partial charge is 0.327 e. The number of amides is 2. The second-order valence-electron chi connectivity index (χ2n) is 5.29. The Kier molecular flexibility index (Phi) is 6.31. The number of carbonyl (C=O) groups excluding carboxylic acids is 1. The minimum absolute atomic E-state index is 0.176. The largest absolute Gasteiger partial charge is 0.413 e. The zero-order valence-electron chi connectivity index (χ0n) is 12.9. The predicted molar refractivity (Wildman–Crippen MR) is 74.9 cm³/mol. The molecule has 0 saturated carbocycles. The summed E-state index contributed by atoms with van der Waals surface area (Å²) >= 11 is 0. The average molecular weight is 339 g/mol. The number of rotatable bonds is 5. The number of benzene rings is 1. The van der Waals surface area contributed by atoms with Crippen molar-refractivity contribution in [2.24, 2.45) is 0 Å². The standard InChI is InChI=1S/C14H18F5N3O/c1-21(2)7-8-22(3)13(23)20-12(14(17,18)19)9-5-4-6-10(15)11(9)16/h4-6,12H,7-8H2,1-3H3,(H,20,23)/t12-/m1/s1. The van der Waals surface area contributed by atoms with Crippen molar-refractivity contribution in [3.63, 3.8) is 0 Å². The van der Waals surface area contributed by atoms with Crippen LogP contribution in [0, 0.1) is 11.6 Å². The highest BCUT2D eigenvalue weighted by molar-refractivity contribution is 5.74. The molecule has 0 heterocycles. The van der Waals surface area contributed by atoms with E-state index in [1.165, 1.54) is 7.05 Å². The van der Waals surface area contributed by atoms with Crippen LogP contribution in [0.4, 0.5) is 26.7 Å². The van der Waals surface area contributed by atoms with Gasteiger partial charge < -0.3 is 15.1 Å². The Bertz CT molecular complexity index is 548. The van der Waals surface area contributed by atoms with Gasteiger partial charge in [-0.25, -0.2) is 13.6 Å². The maximum Gasteiger partial charge on any atom is 0.413 e.